The lowest BCUT2D eigenvalue weighted by atomic mass is 10.5. The number of carbonyl (C=O) groups excluding carboxylic acids is 1. The van der Waals surface area contributed by atoms with Crippen LogP contribution in [-0.4, -0.2) is 50.7 Å². The number of amides is 1. The van der Waals surface area contributed by atoms with E-state index in [0.717, 1.165) is 0 Å². The Hall–Kier alpha value is -0.540. The topological polar surface area (TPSA) is 115 Å². The van der Waals surface area contributed by atoms with Crippen LogP contribution in [0.2, 0.25) is 0 Å². The van der Waals surface area contributed by atoms with Crippen LogP contribution in [0.3, 0.4) is 0 Å². The molecule has 0 fully saturated rings. The molecule has 0 radical (unpaired) electrons. The molecule has 0 atom stereocenters. The Labute approximate surface area is 111 Å². The van der Waals surface area contributed by atoms with Gasteiger partial charge in [0.2, 0.25) is 0 Å². The molecule has 0 aliphatic heterocycles. The second kappa shape index (κ2) is 7.80. The molecule has 0 spiro atoms. The maximum absolute atomic E-state index is 11.9. The van der Waals surface area contributed by atoms with Crippen molar-refractivity contribution >= 4 is 44.3 Å². The Kier molecular flexibility index (Phi) is 9.80. The molecule has 0 bridgehead atoms. The quantitative estimate of drug-likeness (QED) is 0.641. The van der Waals surface area contributed by atoms with E-state index in [1.807, 2.05) is 0 Å². The second-order valence-corrected chi connectivity index (χ2v) is 4.31. The lowest BCUT2D eigenvalue weighted by molar-refractivity contribution is -0.185. The highest BCUT2D eigenvalue weighted by Gasteiger charge is 2.44. The summed E-state index contributed by atoms with van der Waals surface area (Å²) in [7, 11) is -4.96. The van der Waals surface area contributed by atoms with Gasteiger partial charge >= 0.3 is 25.6 Å². The predicted molar refractivity (Wildman–Crippen MR) is 56.8 cm³/mol. The summed E-state index contributed by atoms with van der Waals surface area (Å²) in [5, 5.41) is 8.18. The number of rotatable bonds is 4. The summed E-state index contributed by atoms with van der Waals surface area (Å²) in [6, 6.07) is 0. The number of carboxylic acid groups (broad SMARTS) is 1. The first kappa shape index (κ1) is 22.6. The number of carboxylic acids is 1. The molecular formula is C5H9Cl2F3NO6P. The Balaban J connectivity index is -0.00000112. The minimum Gasteiger partial charge on any atom is -0.480 e. The van der Waals surface area contributed by atoms with E-state index < -0.39 is 43.4 Å². The summed E-state index contributed by atoms with van der Waals surface area (Å²) < 4.78 is 46.1. The van der Waals surface area contributed by atoms with E-state index >= 15 is 0 Å². The molecule has 110 valence electrons. The molecule has 0 saturated carbocycles. The predicted octanol–water partition coefficient (Wildman–Crippen LogP) is 0.441. The minimum absolute atomic E-state index is 0. The Bertz CT molecular complexity index is 345. The number of carbonyl (C=O) groups is 2. The van der Waals surface area contributed by atoms with Crippen molar-refractivity contribution < 1.29 is 42.2 Å². The van der Waals surface area contributed by atoms with E-state index in [0.29, 0.717) is 0 Å². The van der Waals surface area contributed by atoms with Crippen LogP contribution in [0, 0.1) is 0 Å². The molecule has 0 aliphatic carbocycles. The van der Waals surface area contributed by atoms with Gasteiger partial charge in [-0.1, -0.05) is 0 Å². The Morgan fingerprint density at radius 2 is 1.56 bits per heavy atom. The molecule has 0 aromatic carbocycles. The summed E-state index contributed by atoms with van der Waals surface area (Å²) in [6.45, 7) is -1.44. The lowest BCUT2D eigenvalue weighted by Crippen LogP contribution is -2.44. The summed E-state index contributed by atoms with van der Waals surface area (Å²) >= 11 is 0. The van der Waals surface area contributed by atoms with Crippen LogP contribution in [-0.2, 0) is 14.2 Å². The highest BCUT2D eigenvalue weighted by molar-refractivity contribution is 7.51. The molecule has 0 aromatic rings. The van der Waals surface area contributed by atoms with E-state index in [4.69, 9.17) is 14.9 Å². The second-order valence-electron chi connectivity index (χ2n) is 2.70. The number of nitrogens with zero attached hydrogens (tertiary/aromatic N) is 1. The molecule has 1 amide bonds. The molecule has 13 heteroatoms. The van der Waals surface area contributed by atoms with E-state index in [9.17, 15) is 27.3 Å². The number of alkyl halides is 3. The van der Waals surface area contributed by atoms with E-state index in [2.05, 4.69) is 0 Å². The van der Waals surface area contributed by atoms with Crippen LogP contribution in [0.4, 0.5) is 13.2 Å². The molecule has 0 aromatic heterocycles. The van der Waals surface area contributed by atoms with Crippen molar-refractivity contribution in [3.05, 3.63) is 0 Å². The SMILES string of the molecule is Cl.Cl.O=C(O)CN(CP(=O)(O)O)C(=O)C(F)(F)F. The van der Waals surface area contributed by atoms with E-state index in [1.54, 1.807) is 0 Å². The van der Waals surface area contributed by atoms with Crippen LogP contribution in [0.1, 0.15) is 0 Å². The number of halogens is 5. The van der Waals surface area contributed by atoms with Crippen molar-refractivity contribution in [1.29, 1.82) is 0 Å². The molecule has 0 aliphatic rings. The molecular weight excluding hydrogens is 329 g/mol. The average molecular weight is 338 g/mol. The summed E-state index contributed by atoms with van der Waals surface area (Å²) in [5.41, 5.74) is 0. The third-order valence-electron chi connectivity index (χ3n) is 1.21. The van der Waals surface area contributed by atoms with Crippen molar-refractivity contribution in [3.8, 4) is 0 Å². The van der Waals surface area contributed by atoms with Gasteiger partial charge in [-0.3, -0.25) is 14.2 Å². The van der Waals surface area contributed by atoms with Gasteiger partial charge in [-0.15, -0.1) is 24.8 Å². The smallest absolute Gasteiger partial charge is 0.471 e. The largest absolute Gasteiger partial charge is 0.480 e. The van der Waals surface area contributed by atoms with Crippen LogP contribution in [0.25, 0.3) is 0 Å². The summed E-state index contributed by atoms with van der Waals surface area (Å²) in [6.07, 6.45) is -6.98. The summed E-state index contributed by atoms with van der Waals surface area (Å²) in [5.74, 6) is -4.43. The number of aliphatic carboxylic acids is 1. The first-order valence-electron chi connectivity index (χ1n) is 3.56. The van der Waals surface area contributed by atoms with Crippen molar-refractivity contribution in [2.24, 2.45) is 0 Å². The molecule has 0 rings (SSSR count). The number of hydrogen-bond acceptors (Lipinski definition) is 3. The molecule has 0 heterocycles. The highest BCUT2D eigenvalue weighted by atomic mass is 35.5. The fourth-order valence-electron chi connectivity index (χ4n) is 0.751. The lowest BCUT2D eigenvalue weighted by Gasteiger charge is -2.21. The third kappa shape index (κ3) is 9.49. The van der Waals surface area contributed by atoms with Crippen LogP contribution >= 0.6 is 32.4 Å². The van der Waals surface area contributed by atoms with Crippen LogP contribution < -0.4 is 0 Å². The molecule has 0 unspecified atom stereocenters. The monoisotopic (exact) mass is 337 g/mol. The number of hydrogen-bond donors (Lipinski definition) is 3. The van der Waals surface area contributed by atoms with Gasteiger partial charge in [0.15, 0.2) is 0 Å². The van der Waals surface area contributed by atoms with Gasteiger partial charge in [-0.25, -0.2) is 0 Å². The zero-order valence-corrected chi connectivity index (χ0v) is 10.9. The van der Waals surface area contributed by atoms with Gasteiger partial charge in [0.25, 0.3) is 0 Å². The van der Waals surface area contributed by atoms with Crippen LogP contribution in [0.5, 0.6) is 0 Å². The summed E-state index contributed by atoms with van der Waals surface area (Å²) in [4.78, 5) is 37.0. The van der Waals surface area contributed by atoms with E-state index in [-0.39, 0.29) is 24.8 Å². The van der Waals surface area contributed by atoms with Gasteiger partial charge in [0.1, 0.15) is 12.8 Å². The van der Waals surface area contributed by atoms with Gasteiger partial charge in [-0.05, 0) is 0 Å². The fourth-order valence-corrected chi connectivity index (χ4v) is 1.42. The van der Waals surface area contributed by atoms with Crippen LogP contribution in [0.15, 0.2) is 0 Å². The molecule has 7 nitrogen and oxygen atoms in total. The zero-order chi connectivity index (χ0) is 13.1. The average Bonchev–Trinajstić information content (AvgIpc) is 1.96. The first-order valence-corrected chi connectivity index (χ1v) is 5.35. The van der Waals surface area contributed by atoms with Gasteiger partial charge in [0.05, 0.1) is 0 Å². The van der Waals surface area contributed by atoms with Crippen molar-refractivity contribution in [2.45, 2.75) is 6.18 Å². The maximum Gasteiger partial charge on any atom is 0.471 e. The maximum atomic E-state index is 11.9. The first-order chi connectivity index (χ1) is 6.93. The zero-order valence-electron chi connectivity index (χ0n) is 8.33. The van der Waals surface area contributed by atoms with Crippen molar-refractivity contribution in [2.75, 3.05) is 12.8 Å². The standard InChI is InChI=1S/C5H7F3NO6P.2ClH/c6-5(7,8)4(12)9(1-3(10)11)2-16(13,14)15;;/h1-2H2,(H,10,11)(H2,13,14,15);2*1H. The Morgan fingerprint density at radius 1 is 1.17 bits per heavy atom. The van der Waals surface area contributed by atoms with E-state index in [1.165, 1.54) is 0 Å². The molecule has 0 saturated heterocycles. The van der Waals surface area contributed by atoms with Crippen molar-refractivity contribution in [1.82, 2.24) is 4.90 Å². The highest BCUT2D eigenvalue weighted by Crippen LogP contribution is 2.36. The molecule has 3 N–H and O–H groups in total. The van der Waals surface area contributed by atoms with Crippen molar-refractivity contribution in [3.63, 3.8) is 0 Å². The van der Waals surface area contributed by atoms with Gasteiger partial charge in [-0.2, -0.15) is 13.2 Å². The van der Waals surface area contributed by atoms with Gasteiger partial charge in [0, 0.05) is 0 Å². The molecule has 18 heavy (non-hydrogen) atoms. The normalized spacial score (nSPS) is 10.9. The van der Waals surface area contributed by atoms with Gasteiger partial charge < -0.3 is 19.8 Å². The Morgan fingerprint density at radius 3 is 1.78 bits per heavy atom. The minimum atomic E-state index is -5.38. The third-order valence-corrected chi connectivity index (χ3v) is 1.92. The fraction of sp³-hybridized carbons (Fsp3) is 0.600.